The van der Waals surface area contributed by atoms with Crippen LogP contribution in [-0.2, 0) is 27.1 Å². The molecule has 0 N–H and O–H groups in total. The molecule has 11 heteroatoms. The second-order valence-corrected chi connectivity index (χ2v) is 10.1. The van der Waals surface area contributed by atoms with Crippen LogP contribution in [0.1, 0.15) is 11.1 Å². The van der Waals surface area contributed by atoms with E-state index in [1.165, 1.54) is 9.80 Å². The first-order valence-corrected chi connectivity index (χ1v) is 13.1. The molecule has 4 rings (SSSR count). The summed E-state index contributed by atoms with van der Waals surface area (Å²) in [5, 5.41) is 0. The number of alkyl halides is 6. The Morgan fingerprint density at radius 2 is 1.05 bits per heavy atom. The van der Waals surface area contributed by atoms with E-state index < -0.39 is 37.7 Å². The van der Waals surface area contributed by atoms with Crippen molar-refractivity contribution in [2.75, 3.05) is 52.5 Å². The fourth-order valence-corrected chi connectivity index (χ4v) is 5.01. The lowest BCUT2D eigenvalue weighted by molar-refractivity contribution is -0.292. The van der Waals surface area contributed by atoms with E-state index in [-0.39, 0.29) is 51.6 Å². The summed E-state index contributed by atoms with van der Waals surface area (Å²) in [5.74, 6) is 0. The molecule has 2 aliphatic rings. The highest BCUT2D eigenvalue weighted by Gasteiger charge is 2.50. The van der Waals surface area contributed by atoms with E-state index in [0.717, 1.165) is 11.1 Å². The third kappa shape index (κ3) is 9.46. The molecule has 0 amide bonds. The SMILES string of the molecule is FC(F)(F)[C@H](CN1CCO[C@H](Cc2ccccc2)C1)O[C@@H](CN1CCO[C@H](Cc2ccccc2)C1)C(F)(F)F. The number of benzene rings is 2. The van der Waals surface area contributed by atoms with Gasteiger partial charge in [-0.05, 0) is 24.0 Å². The molecule has 0 unspecified atom stereocenters. The third-order valence-corrected chi connectivity index (χ3v) is 6.96. The number of halogens is 6. The summed E-state index contributed by atoms with van der Waals surface area (Å²) in [7, 11) is 0. The highest BCUT2D eigenvalue weighted by molar-refractivity contribution is 5.16. The van der Waals surface area contributed by atoms with Gasteiger partial charge >= 0.3 is 12.4 Å². The number of nitrogens with zero attached hydrogens (tertiary/aromatic N) is 2. The van der Waals surface area contributed by atoms with Gasteiger partial charge in [0.1, 0.15) is 0 Å². The normalized spacial score (nSPS) is 23.4. The van der Waals surface area contributed by atoms with Crippen LogP contribution in [0.2, 0.25) is 0 Å². The zero-order chi connectivity index (χ0) is 27.9. The Labute approximate surface area is 224 Å². The van der Waals surface area contributed by atoms with Gasteiger partial charge in [0.25, 0.3) is 0 Å². The molecule has 0 bridgehead atoms. The Morgan fingerprint density at radius 3 is 1.41 bits per heavy atom. The van der Waals surface area contributed by atoms with E-state index >= 15 is 0 Å². The standard InChI is InChI=1S/C28H34F6N2O3/c29-27(30,31)25(19-35-11-13-37-23(17-35)15-21-7-3-1-4-8-21)39-26(28(32,33)34)20-36-12-14-38-24(18-36)16-22-9-5-2-6-10-22/h1-10,23-26H,11-20H2/t23-,24-,25+,26+/m1/s1. The van der Waals surface area contributed by atoms with Crippen LogP contribution in [0.4, 0.5) is 26.3 Å². The Hall–Kier alpha value is -2.18. The maximum atomic E-state index is 14.0. The molecule has 0 aliphatic carbocycles. The highest BCUT2D eigenvalue weighted by atomic mass is 19.4. The maximum absolute atomic E-state index is 14.0. The van der Waals surface area contributed by atoms with Crippen molar-refractivity contribution in [2.24, 2.45) is 0 Å². The molecular formula is C28H34F6N2O3. The minimum atomic E-state index is -4.96. The summed E-state index contributed by atoms with van der Waals surface area (Å²) in [6.07, 6.45) is -14.8. The smallest absolute Gasteiger partial charge is 0.375 e. The van der Waals surface area contributed by atoms with Gasteiger partial charge in [-0.15, -0.1) is 0 Å². The second kappa shape index (κ2) is 13.5. The van der Waals surface area contributed by atoms with Crippen molar-refractivity contribution in [3.05, 3.63) is 71.8 Å². The average Bonchev–Trinajstić information content (AvgIpc) is 2.88. The molecule has 2 aromatic rings. The first-order chi connectivity index (χ1) is 18.6. The molecule has 0 spiro atoms. The van der Waals surface area contributed by atoms with Gasteiger partial charge in [0.15, 0.2) is 12.2 Å². The Bertz CT molecular complexity index is 913. The van der Waals surface area contributed by atoms with Gasteiger partial charge in [-0.2, -0.15) is 26.3 Å². The quantitative estimate of drug-likeness (QED) is 0.392. The number of morpholine rings is 2. The Kier molecular flexibility index (Phi) is 10.3. The van der Waals surface area contributed by atoms with Crippen LogP contribution in [0.15, 0.2) is 60.7 Å². The monoisotopic (exact) mass is 560 g/mol. The van der Waals surface area contributed by atoms with Crippen molar-refractivity contribution >= 4 is 0 Å². The van der Waals surface area contributed by atoms with Crippen LogP contribution in [0, 0.1) is 0 Å². The average molecular weight is 561 g/mol. The van der Waals surface area contributed by atoms with Crippen molar-refractivity contribution in [2.45, 2.75) is 49.6 Å². The molecule has 2 aliphatic heterocycles. The topological polar surface area (TPSA) is 34.2 Å². The summed E-state index contributed by atoms with van der Waals surface area (Å²) in [4.78, 5) is 2.96. The summed E-state index contributed by atoms with van der Waals surface area (Å²) in [5.41, 5.74) is 1.95. The molecule has 4 atom stereocenters. The summed E-state index contributed by atoms with van der Waals surface area (Å²) < 4.78 is 100. The minimum Gasteiger partial charge on any atom is -0.375 e. The lowest BCUT2D eigenvalue weighted by Crippen LogP contribution is -2.55. The van der Waals surface area contributed by atoms with Crippen molar-refractivity contribution in [3.63, 3.8) is 0 Å². The zero-order valence-corrected chi connectivity index (χ0v) is 21.5. The second-order valence-electron chi connectivity index (χ2n) is 10.1. The molecule has 2 fully saturated rings. The predicted molar refractivity (Wildman–Crippen MR) is 133 cm³/mol. The van der Waals surface area contributed by atoms with Crippen molar-refractivity contribution in [3.8, 4) is 0 Å². The van der Waals surface area contributed by atoms with E-state index in [2.05, 4.69) is 0 Å². The molecule has 5 nitrogen and oxygen atoms in total. The number of hydrogen-bond acceptors (Lipinski definition) is 5. The molecule has 216 valence electrons. The summed E-state index contributed by atoms with van der Waals surface area (Å²) >= 11 is 0. The molecule has 2 saturated heterocycles. The largest absolute Gasteiger partial charge is 0.415 e. The highest BCUT2D eigenvalue weighted by Crippen LogP contribution is 2.32. The first kappa shape index (κ1) is 29.8. The Morgan fingerprint density at radius 1 is 0.667 bits per heavy atom. The fourth-order valence-electron chi connectivity index (χ4n) is 5.01. The van der Waals surface area contributed by atoms with Crippen LogP contribution in [0.25, 0.3) is 0 Å². The van der Waals surface area contributed by atoms with E-state index in [1.807, 2.05) is 60.7 Å². The van der Waals surface area contributed by atoms with Crippen LogP contribution >= 0.6 is 0 Å². The maximum Gasteiger partial charge on any atom is 0.415 e. The van der Waals surface area contributed by atoms with Gasteiger partial charge in [-0.3, -0.25) is 9.80 Å². The summed E-state index contributed by atoms with van der Waals surface area (Å²) in [6, 6.07) is 18.8. The third-order valence-electron chi connectivity index (χ3n) is 6.96. The molecule has 0 aromatic heterocycles. The van der Waals surface area contributed by atoms with Gasteiger partial charge < -0.3 is 14.2 Å². The molecule has 2 heterocycles. The van der Waals surface area contributed by atoms with E-state index in [1.54, 1.807) is 0 Å². The van der Waals surface area contributed by atoms with Crippen molar-refractivity contribution in [1.82, 2.24) is 9.80 Å². The van der Waals surface area contributed by atoms with Crippen LogP contribution < -0.4 is 0 Å². The molecule has 39 heavy (non-hydrogen) atoms. The van der Waals surface area contributed by atoms with Gasteiger partial charge in [-0.25, -0.2) is 0 Å². The van der Waals surface area contributed by atoms with E-state index in [9.17, 15) is 26.3 Å². The summed E-state index contributed by atoms with van der Waals surface area (Å²) in [6.45, 7) is -0.277. The van der Waals surface area contributed by atoms with Crippen LogP contribution in [-0.4, -0.2) is 99.1 Å². The predicted octanol–water partition coefficient (Wildman–Crippen LogP) is 4.75. The van der Waals surface area contributed by atoms with Crippen molar-refractivity contribution < 1.29 is 40.6 Å². The first-order valence-electron chi connectivity index (χ1n) is 13.1. The van der Waals surface area contributed by atoms with Crippen LogP contribution in [0.5, 0.6) is 0 Å². The minimum absolute atomic E-state index is 0.173. The number of rotatable bonds is 10. The molecule has 2 aromatic carbocycles. The van der Waals surface area contributed by atoms with Crippen molar-refractivity contribution in [1.29, 1.82) is 0 Å². The van der Waals surface area contributed by atoms with E-state index in [0.29, 0.717) is 12.8 Å². The zero-order valence-electron chi connectivity index (χ0n) is 21.5. The molecule has 0 saturated carbocycles. The van der Waals surface area contributed by atoms with Crippen LogP contribution in [0.3, 0.4) is 0 Å². The Balaban J connectivity index is 1.37. The number of hydrogen-bond donors (Lipinski definition) is 0. The van der Waals surface area contributed by atoms with Gasteiger partial charge in [0.2, 0.25) is 0 Å². The fraction of sp³-hybridized carbons (Fsp3) is 0.571. The van der Waals surface area contributed by atoms with Gasteiger partial charge in [0, 0.05) is 39.3 Å². The molecule has 0 radical (unpaired) electrons. The number of ether oxygens (including phenoxy) is 3. The van der Waals surface area contributed by atoms with E-state index in [4.69, 9.17) is 14.2 Å². The van der Waals surface area contributed by atoms with Gasteiger partial charge in [-0.1, -0.05) is 60.7 Å². The lowest BCUT2D eigenvalue weighted by atomic mass is 10.1. The lowest BCUT2D eigenvalue weighted by Gasteiger charge is -2.38. The van der Waals surface area contributed by atoms with Gasteiger partial charge in [0.05, 0.1) is 25.4 Å². The molecular weight excluding hydrogens is 526 g/mol.